The van der Waals surface area contributed by atoms with Crippen LogP contribution in [-0.4, -0.2) is 18.2 Å². The maximum atomic E-state index is 5.48. The molecule has 87 valence electrons. The summed E-state index contributed by atoms with van der Waals surface area (Å²) >= 11 is 0. The van der Waals surface area contributed by atoms with E-state index in [9.17, 15) is 0 Å². The van der Waals surface area contributed by atoms with Gasteiger partial charge in [-0.05, 0) is 17.7 Å². The number of hydrogen-bond acceptors (Lipinski definition) is 3. The smallest absolute Gasteiger partial charge is 0.147 e. The van der Waals surface area contributed by atoms with E-state index in [0.717, 1.165) is 0 Å². The van der Waals surface area contributed by atoms with Crippen molar-refractivity contribution in [1.29, 1.82) is 0 Å². The van der Waals surface area contributed by atoms with E-state index in [4.69, 9.17) is 9.47 Å². The van der Waals surface area contributed by atoms with Crippen LogP contribution in [0.15, 0.2) is 48.7 Å². The van der Waals surface area contributed by atoms with Gasteiger partial charge in [-0.3, -0.25) is 4.98 Å². The van der Waals surface area contributed by atoms with Crippen molar-refractivity contribution in [2.75, 3.05) is 13.2 Å². The summed E-state index contributed by atoms with van der Waals surface area (Å²) in [5.74, 6) is 0.649. The number of ether oxygens (including phenoxy) is 2. The van der Waals surface area contributed by atoms with Gasteiger partial charge in [0.2, 0.25) is 0 Å². The van der Waals surface area contributed by atoms with Crippen LogP contribution in [0.5, 0.6) is 5.75 Å². The van der Waals surface area contributed by atoms with E-state index in [0.29, 0.717) is 25.6 Å². The van der Waals surface area contributed by atoms with Gasteiger partial charge in [-0.2, -0.15) is 0 Å². The molecule has 0 fully saturated rings. The Labute approximate surface area is 101 Å². The topological polar surface area (TPSA) is 31.4 Å². The highest BCUT2D eigenvalue weighted by Crippen LogP contribution is 2.05. The average Bonchev–Trinajstić information content (AvgIpc) is 2.41. The first-order chi connectivity index (χ1) is 8.45. The van der Waals surface area contributed by atoms with E-state index >= 15 is 0 Å². The highest BCUT2D eigenvalue weighted by atomic mass is 16.5. The van der Waals surface area contributed by atoms with Gasteiger partial charge in [-0.1, -0.05) is 30.3 Å². The maximum Gasteiger partial charge on any atom is 0.147 e. The van der Waals surface area contributed by atoms with Crippen LogP contribution in [0.2, 0.25) is 0 Å². The summed E-state index contributed by atoms with van der Waals surface area (Å²) in [5.41, 5.74) is 1.17. The number of rotatable bonds is 6. The molecule has 1 aromatic heterocycles. The molecule has 0 N–H and O–H groups in total. The molecule has 0 saturated carbocycles. The van der Waals surface area contributed by atoms with E-state index in [1.807, 2.05) is 42.5 Å². The lowest BCUT2D eigenvalue weighted by molar-refractivity contribution is 0.0887. The van der Waals surface area contributed by atoms with Gasteiger partial charge in [0, 0.05) is 6.20 Å². The van der Waals surface area contributed by atoms with Crippen molar-refractivity contribution >= 4 is 0 Å². The van der Waals surface area contributed by atoms with Gasteiger partial charge in [-0.15, -0.1) is 0 Å². The molecule has 0 saturated heterocycles. The summed E-state index contributed by atoms with van der Waals surface area (Å²) in [6, 6.07) is 13.7. The summed E-state index contributed by atoms with van der Waals surface area (Å²) in [7, 11) is 0. The largest absolute Gasteiger partial charge is 0.489 e. The predicted octanol–water partition coefficient (Wildman–Crippen LogP) is 2.48. The third-order valence-electron chi connectivity index (χ3n) is 2.18. The molecule has 1 radical (unpaired) electrons. The fourth-order valence-corrected chi connectivity index (χ4v) is 1.37. The van der Waals surface area contributed by atoms with E-state index in [2.05, 4.69) is 11.2 Å². The summed E-state index contributed by atoms with van der Waals surface area (Å²) in [6.45, 7) is 1.67. The number of pyridine rings is 1. The zero-order chi connectivity index (χ0) is 11.8. The van der Waals surface area contributed by atoms with Crippen LogP contribution in [0, 0.1) is 6.20 Å². The third-order valence-corrected chi connectivity index (χ3v) is 2.18. The van der Waals surface area contributed by atoms with Gasteiger partial charge in [-0.25, -0.2) is 0 Å². The normalized spacial score (nSPS) is 10.1. The number of nitrogens with zero attached hydrogens (tertiary/aromatic N) is 1. The van der Waals surface area contributed by atoms with Crippen LogP contribution < -0.4 is 4.74 Å². The van der Waals surface area contributed by atoms with Crippen LogP contribution in [-0.2, 0) is 11.3 Å². The van der Waals surface area contributed by atoms with Gasteiger partial charge < -0.3 is 9.47 Å². The van der Waals surface area contributed by atoms with E-state index in [1.165, 1.54) is 5.56 Å². The third kappa shape index (κ3) is 4.25. The minimum atomic E-state index is 0.509. The molecule has 2 aromatic rings. The van der Waals surface area contributed by atoms with Crippen molar-refractivity contribution in [3.63, 3.8) is 0 Å². The lowest BCUT2D eigenvalue weighted by atomic mass is 10.2. The van der Waals surface area contributed by atoms with E-state index in [-0.39, 0.29) is 0 Å². The van der Waals surface area contributed by atoms with Crippen molar-refractivity contribution in [3.05, 3.63) is 60.4 Å². The standard InChI is InChI=1S/C14H14NO2/c1-2-5-13(6-3-1)12-16-9-10-17-14-7-4-8-15-11-14/h1-8H,9-10,12H2. The van der Waals surface area contributed by atoms with Crippen molar-refractivity contribution < 1.29 is 9.47 Å². The first-order valence-corrected chi connectivity index (χ1v) is 5.52. The van der Waals surface area contributed by atoms with E-state index in [1.54, 1.807) is 6.20 Å². The number of hydrogen-bond donors (Lipinski definition) is 0. The molecule has 2 rings (SSSR count). The van der Waals surface area contributed by atoms with Gasteiger partial charge in [0.25, 0.3) is 0 Å². The quantitative estimate of drug-likeness (QED) is 0.712. The average molecular weight is 228 g/mol. The van der Waals surface area contributed by atoms with E-state index < -0.39 is 0 Å². The zero-order valence-electron chi connectivity index (χ0n) is 9.50. The van der Waals surface area contributed by atoms with Gasteiger partial charge in [0.15, 0.2) is 0 Å². The molecule has 3 heteroatoms. The Morgan fingerprint density at radius 3 is 2.65 bits per heavy atom. The Kier molecular flexibility index (Phi) is 4.55. The Morgan fingerprint density at radius 2 is 1.88 bits per heavy atom. The first-order valence-electron chi connectivity index (χ1n) is 5.52. The van der Waals surface area contributed by atoms with Crippen molar-refractivity contribution in [2.24, 2.45) is 0 Å². The van der Waals surface area contributed by atoms with Crippen LogP contribution in [0.25, 0.3) is 0 Å². The summed E-state index contributed by atoms with van der Waals surface area (Å²) in [5, 5.41) is 0. The molecule has 0 spiro atoms. The molecule has 17 heavy (non-hydrogen) atoms. The summed E-state index contributed by atoms with van der Waals surface area (Å²) in [6.07, 6.45) is 4.41. The molecule has 0 aliphatic rings. The molecule has 0 amide bonds. The molecule has 1 heterocycles. The summed E-state index contributed by atoms with van der Waals surface area (Å²) < 4.78 is 10.9. The monoisotopic (exact) mass is 228 g/mol. The summed E-state index contributed by atoms with van der Waals surface area (Å²) in [4.78, 5) is 3.84. The van der Waals surface area contributed by atoms with Gasteiger partial charge in [0.05, 0.1) is 13.2 Å². The highest BCUT2D eigenvalue weighted by molar-refractivity contribution is 5.14. The molecule has 1 aromatic carbocycles. The van der Waals surface area contributed by atoms with Gasteiger partial charge >= 0.3 is 0 Å². The molecule has 0 unspecified atom stereocenters. The zero-order valence-corrected chi connectivity index (χ0v) is 9.50. The second kappa shape index (κ2) is 6.66. The first kappa shape index (κ1) is 11.6. The fraction of sp³-hybridized carbons (Fsp3) is 0.214. The van der Waals surface area contributed by atoms with Crippen LogP contribution in [0.1, 0.15) is 5.56 Å². The molecule has 0 aliphatic carbocycles. The second-order valence-corrected chi connectivity index (χ2v) is 3.50. The maximum absolute atomic E-state index is 5.48. The van der Waals surface area contributed by atoms with Crippen LogP contribution in [0.4, 0.5) is 0 Å². The predicted molar refractivity (Wildman–Crippen MR) is 64.7 cm³/mol. The molecular formula is C14H14NO2. The highest BCUT2D eigenvalue weighted by Gasteiger charge is 1.94. The lowest BCUT2D eigenvalue weighted by Gasteiger charge is -2.06. The minimum absolute atomic E-state index is 0.509. The van der Waals surface area contributed by atoms with Crippen molar-refractivity contribution in [3.8, 4) is 5.75 Å². The van der Waals surface area contributed by atoms with Crippen molar-refractivity contribution in [2.45, 2.75) is 6.61 Å². The molecular weight excluding hydrogens is 214 g/mol. The Morgan fingerprint density at radius 1 is 1.00 bits per heavy atom. The fourth-order valence-electron chi connectivity index (χ4n) is 1.37. The Balaban J connectivity index is 1.61. The Hall–Kier alpha value is -1.87. The minimum Gasteiger partial charge on any atom is -0.489 e. The number of benzene rings is 1. The van der Waals surface area contributed by atoms with Crippen LogP contribution in [0.3, 0.4) is 0 Å². The van der Waals surface area contributed by atoms with Crippen molar-refractivity contribution in [1.82, 2.24) is 4.98 Å². The Bertz CT molecular complexity index is 375. The molecule has 0 bridgehead atoms. The van der Waals surface area contributed by atoms with Gasteiger partial charge in [0.1, 0.15) is 18.6 Å². The van der Waals surface area contributed by atoms with Crippen LogP contribution >= 0.6 is 0 Å². The number of aromatic nitrogens is 1. The second-order valence-electron chi connectivity index (χ2n) is 3.50. The SMILES string of the molecule is [c]1ncccc1OCCOCc1ccccc1. The lowest BCUT2D eigenvalue weighted by Crippen LogP contribution is -2.06. The molecule has 0 atom stereocenters. The molecule has 3 nitrogen and oxygen atoms in total. The molecule has 0 aliphatic heterocycles.